The molecule has 0 saturated heterocycles. The predicted octanol–water partition coefficient (Wildman–Crippen LogP) is 2.96. The zero-order chi connectivity index (χ0) is 14.1. The third-order valence-corrected chi connectivity index (χ3v) is 3.76. The third-order valence-electron chi connectivity index (χ3n) is 2.63. The summed E-state index contributed by atoms with van der Waals surface area (Å²) < 4.78 is 34.9. The monoisotopic (exact) mass is 340 g/mol. The first-order chi connectivity index (χ1) is 9.66. The second-order valence-corrected chi connectivity index (χ2v) is 4.96. The molecule has 0 radical (unpaired) electrons. The molecule has 0 saturated carbocycles. The van der Waals surface area contributed by atoms with Crippen LogP contribution in [-0.4, -0.2) is 25.5 Å². The summed E-state index contributed by atoms with van der Waals surface area (Å²) in [6.45, 7) is 0. The van der Waals surface area contributed by atoms with Crippen LogP contribution in [-0.2, 0) is 0 Å². The molecule has 2 aromatic rings. The number of nitrogens with one attached hydrogen (secondary N) is 1. The van der Waals surface area contributed by atoms with E-state index in [0.29, 0.717) is 17.1 Å². The number of hydrogen-bond acceptors (Lipinski definition) is 4. The maximum atomic E-state index is 13.5. The Bertz CT molecular complexity index is 787. The number of benzene rings is 1. The summed E-state index contributed by atoms with van der Waals surface area (Å²) in [6.07, 6.45) is 1.03. The zero-order valence-corrected chi connectivity index (χ0v) is 11.5. The Labute approximate surface area is 117 Å². The van der Waals surface area contributed by atoms with Crippen LogP contribution in [0.5, 0.6) is 0 Å². The van der Waals surface area contributed by atoms with Crippen LogP contribution < -0.4 is 5.32 Å². The molecule has 2 heterocycles. The SMILES string of the molecule is O=C(Nc1cccc2c1N=[Se]=N2)c1ccnc(F)c1F. The van der Waals surface area contributed by atoms with Gasteiger partial charge in [-0.2, -0.15) is 0 Å². The number of anilines is 1. The van der Waals surface area contributed by atoms with Crippen LogP contribution in [0.4, 0.5) is 25.8 Å². The number of pyridine rings is 1. The van der Waals surface area contributed by atoms with Crippen molar-refractivity contribution in [1.82, 2.24) is 4.98 Å². The Balaban J connectivity index is 1.93. The number of aromatic nitrogens is 1. The molecular formula is C12H6F2N4OSe. The van der Waals surface area contributed by atoms with Crippen LogP contribution >= 0.6 is 0 Å². The molecule has 1 amide bonds. The Morgan fingerprint density at radius 1 is 1.20 bits per heavy atom. The van der Waals surface area contributed by atoms with Crippen molar-refractivity contribution >= 4 is 37.5 Å². The molecule has 5 nitrogen and oxygen atoms in total. The average Bonchev–Trinajstić information content (AvgIpc) is 2.91. The van der Waals surface area contributed by atoms with Crippen molar-refractivity contribution in [3.8, 4) is 0 Å². The van der Waals surface area contributed by atoms with Crippen molar-refractivity contribution in [3.05, 3.63) is 47.8 Å². The van der Waals surface area contributed by atoms with Gasteiger partial charge < -0.3 is 0 Å². The van der Waals surface area contributed by atoms with E-state index in [0.717, 1.165) is 12.3 Å². The van der Waals surface area contributed by atoms with Crippen LogP contribution in [0.25, 0.3) is 0 Å². The summed E-state index contributed by atoms with van der Waals surface area (Å²) in [6, 6.07) is 6.23. The van der Waals surface area contributed by atoms with E-state index in [1.807, 2.05) is 0 Å². The fourth-order valence-corrected chi connectivity index (χ4v) is 2.84. The molecule has 0 atom stereocenters. The topological polar surface area (TPSA) is 66.7 Å². The Kier molecular flexibility index (Phi) is 3.25. The van der Waals surface area contributed by atoms with Gasteiger partial charge in [0.05, 0.1) is 0 Å². The zero-order valence-electron chi connectivity index (χ0n) is 9.80. The number of halogens is 2. The average molecular weight is 339 g/mol. The number of hydrogen-bond donors (Lipinski definition) is 1. The predicted molar refractivity (Wildman–Crippen MR) is 68.5 cm³/mol. The van der Waals surface area contributed by atoms with Crippen LogP contribution in [0.15, 0.2) is 38.4 Å². The summed E-state index contributed by atoms with van der Waals surface area (Å²) in [4.78, 5) is 15.1. The van der Waals surface area contributed by atoms with E-state index < -0.39 is 23.2 Å². The number of carbonyl (C=O) groups is 1. The molecule has 0 aliphatic carbocycles. The van der Waals surface area contributed by atoms with Crippen LogP contribution in [0.1, 0.15) is 10.4 Å². The van der Waals surface area contributed by atoms with Gasteiger partial charge in [-0.3, -0.25) is 0 Å². The molecule has 1 aliphatic rings. The van der Waals surface area contributed by atoms with E-state index in [2.05, 4.69) is 18.2 Å². The fourth-order valence-electron chi connectivity index (χ4n) is 1.69. The molecule has 1 aliphatic heterocycles. The van der Waals surface area contributed by atoms with Gasteiger partial charge in [-0.1, -0.05) is 0 Å². The minimum absolute atomic E-state index is 0.239. The Morgan fingerprint density at radius 2 is 2.05 bits per heavy atom. The van der Waals surface area contributed by atoms with Crippen LogP contribution in [0.3, 0.4) is 0 Å². The first-order valence-electron chi connectivity index (χ1n) is 5.49. The summed E-state index contributed by atoms with van der Waals surface area (Å²) >= 11 is -0.239. The fraction of sp³-hybridized carbons (Fsp3) is 0. The number of amides is 1. The molecule has 0 fully saturated rings. The third kappa shape index (κ3) is 2.19. The first kappa shape index (κ1) is 12.8. The summed E-state index contributed by atoms with van der Waals surface area (Å²) in [5, 5.41) is 2.51. The van der Waals surface area contributed by atoms with Crippen molar-refractivity contribution in [2.75, 3.05) is 5.32 Å². The van der Waals surface area contributed by atoms with E-state index in [1.54, 1.807) is 18.2 Å². The number of rotatable bonds is 2. The van der Waals surface area contributed by atoms with E-state index in [4.69, 9.17) is 0 Å². The van der Waals surface area contributed by atoms with Gasteiger partial charge in [0.1, 0.15) is 0 Å². The van der Waals surface area contributed by atoms with Crippen molar-refractivity contribution < 1.29 is 13.6 Å². The number of carbonyl (C=O) groups excluding carboxylic acids is 1. The van der Waals surface area contributed by atoms with E-state index in [-0.39, 0.29) is 14.6 Å². The summed E-state index contributed by atoms with van der Waals surface area (Å²) in [7, 11) is 0. The first-order valence-corrected chi connectivity index (χ1v) is 7.02. The van der Waals surface area contributed by atoms with Crippen molar-refractivity contribution in [2.45, 2.75) is 0 Å². The Hall–Kier alpha value is -2.18. The molecule has 0 unspecified atom stereocenters. The van der Waals surface area contributed by atoms with Gasteiger partial charge in [0.15, 0.2) is 0 Å². The molecule has 1 aromatic carbocycles. The van der Waals surface area contributed by atoms with Gasteiger partial charge in [-0.15, -0.1) is 0 Å². The van der Waals surface area contributed by atoms with E-state index in [1.165, 1.54) is 0 Å². The molecular weight excluding hydrogens is 333 g/mol. The second kappa shape index (κ2) is 5.07. The Morgan fingerprint density at radius 3 is 2.90 bits per heavy atom. The van der Waals surface area contributed by atoms with Gasteiger partial charge in [-0.25, -0.2) is 0 Å². The van der Waals surface area contributed by atoms with Gasteiger partial charge in [0.2, 0.25) is 0 Å². The summed E-state index contributed by atoms with van der Waals surface area (Å²) in [5.41, 5.74) is 1.27. The number of fused-ring (bicyclic) bond motifs is 1. The molecule has 8 heteroatoms. The van der Waals surface area contributed by atoms with Gasteiger partial charge in [0, 0.05) is 0 Å². The van der Waals surface area contributed by atoms with Crippen molar-refractivity contribution in [1.29, 1.82) is 0 Å². The van der Waals surface area contributed by atoms with Crippen LogP contribution in [0, 0.1) is 11.8 Å². The van der Waals surface area contributed by atoms with E-state index >= 15 is 0 Å². The summed E-state index contributed by atoms with van der Waals surface area (Å²) in [5.74, 6) is -3.34. The van der Waals surface area contributed by atoms with Crippen molar-refractivity contribution in [3.63, 3.8) is 0 Å². The maximum absolute atomic E-state index is 13.5. The normalized spacial score (nSPS) is 11.9. The molecule has 0 bridgehead atoms. The molecule has 100 valence electrons. The molecule has 0 spiro atoms. The van der Waals surface area contributed by atoms with Crippen molar-refractivity contribution in [2.24, 2.45) is 7.92 Å². The molecule has 3 rings (SSSR count). The van der Waals surface area contributed by atoms with E-state index in [9.17, 15) is 13.6 Å². The standard InChI is InChI=1S/C12H6F2N4OSe/c13-9-6(4-5-15-11(9)14)12(19)16-7-2-1-3-8-10(7)18-20-17-8/h1-5H,(H,16,19). The second-order valence-electron chi connectivity index (χ2n) is 3.85. The van der Waals surface area contributed by atoms with Crippen LogP contribution in [0.2, 0.25) is 0 Å². The molecule has 20 heavy (non-hydrogen) atoms. The minimum atomic E-state index is -1.31. The quantitative estimate of drug-likeness (QED) is 0.576. The van der Waals surface area contributed by atoms with Gasteiger partial charge >= 0.3 is 117 Å². The van der Waals surface area contributed by atoms with Gasteiger partial charge in [-0.05, 0) is 0 Å². The number of nitrogens with zero attached hydrogens (tertiary/aromatic N) is 3. The molecule has 1 aromatic heterocycles. The molecule has 1 N–H and O–H groups in total. The van der Waals surface area contributed by atoms with Gasteiger partial charge in [0.25, 0.3) is 0 Å².